The van der Waals surface area contributed by atoms with Crippen LogP contribution in [0.25, 0.3) is 0 Å². The van der Waals surface area contributed by atoms with Crippen molar-refractivity contribution < 1.29 is 22.4 Å². The van der Waals surface area contributed by atoms with Crippen molar-refractivity contribution in [3.05, 3.63) is 83.7 Å². The van der Waals surface area contributed by atoms with Crippen molar-refractivity contribution in [2.24, 2.45) is 0 Å². The normalized spacial score (nSPS) is 14.5. The Balaban J connectivity index is 1.39. The average molecular weight is 468 g/mol. The predicted octanol–water partition coefficient (Wildman–Crippen LogP) is 3.51. The van der Waals surface area contributed by atoms with Crippen molar-refractivity contribution in [1.82, 2.24) is 9.97 Å². The molecule has 0 spiro atoms. The summed E-state index contributed by atoms with van der Waals surface area (Å²) in [7, 11) is -3.29. The fourth-order valence-corrected chi connectivity index (χ4v) is 4.49. The molecule has 2 aromatic heterocycles. The number of sulfone groups is 1. The summed E-state index contributed by atoms with van der Waals surface area (Å²) in [6.07, 6.45) is 3.83. The molecule has 0 radical (unpaired) electrons. The molecule has 1 aliphatic carbocycles. The second-order valence-electron chi connectivity index (χ2n) is 7.98. The number of amides is 1. The highest BCUT2D eigenvalue weighted by Gasteiger charge is 2.53. The molecule has 7 nitrogen and oxygen atoms in total. The largest absolute Gasteiger partial charge is 0.324 e. The molecule has 1 aromatic carbocycles. The van der Waals surface area contributed by atoms with E-state index in [4.69, 9.17) is 0 Å². The summed E-state index contributed by atoms with van der Waals surface area (Å²) in [5.41, 5.74) is 1.13. The Morgan fingerprint density at radius 2 is 1.73 bits per heavy atom. The highest BCUT2D eigenvalue weighted by molar-refractivity contribution is 7.91. The smallest absolute Gasteiger partial charge is 0.228 e. The standard InChI is InChI=1S/C24H22FN3O4S/c1-2-33(31,32)19-7-3-16(4-8-19)13-22(29)28-18-6-9-20(26-15-18)23(30)24(11-12-24)21-10-5-17(25)14-27-21/h3-10,14-15H,2,11-13H2,1H3,(H,28,29). The quantitative estimate of drug-likeness (QED) is 0.508. The number of benzene rings is 1. The third-order valence-electron chi connectivity index (χ3n) is 5.71. The number of nitrogens with one attached hydrogen (secondary N) is 1. The van der Waals surface area contributed by atoms with E-state index in [1.54, 1.807) is 31.2 Å². The Morgan fingerprint density at radius 1 is 1.00 bits per heavy atom. The Morgan fingerprint density at radius 3 is 2.27 bits per heavy atom. The van der Waals surface area contributed by atoms with Crippen LogP contribution in [0.5, 0.6) is 0 Å². The van der Waals surface area contributed by atoms with E-state index in [9.17, 15) is 22.4 Å². The van der Waals surface area contributed by atoms with Gasteiger partial charge in [0.15, 0.2) is 15.6 Å². The fourth-order valence-electron chi connectivity index (χ4n) is 3.60. The maximum Gasteiger partial charge on any atom is 0.228 e. The zero-order valence-corrected chi connectivity index (χ0v) is 18.7. The molecule has 3 aromatic rings. The number of Topliss-reactive ketones (excluding diaryl/α,β-unsaturated/α-hetero) is 1. The molecule has 33 heavy (non-hydrogen) atoms. The summed E-state index contributed by atoms with van der Waals surface area (Å²) in [4.78, 5) is 33.8. The lowest BCUT2D eigenvalue weighted by Gasteiger charge is -2.13. The highest BCUT2D eigenvalue weighted by atomic mass is 32.2. The molecule has 0 bridgehead atoms. The molecule has 0 atom stereocenters. The van der Waals surface area contributed by atoms with Crippen LogP contribution in [-0.4, -0.2) is 35.8 Å². The number of hydrogen-bond acceptors (Lipinski definition) is 6. The summed E-state index contributed by atoms with van der Waals surface area (Å²) < 4.78 is 36.9. The second kappa shape index (κ2) is 8.82. The van der Waals surface area contributed by atoms with Gasteiger partial charge in [-0.05, 0) is 54.8 Å². The highest BCUT2D eigenvalue weighted by Crippen LogP contribution is 2.49. The molecule has 0 unspecified atom stereocenters. The van der Waals surface area contributed by atoms with E-state index in [1.807, 2.05) is 0 Å². The minimum Gasteiger partial charge on any atom is -0.324 e. The molecule has 1 saturated carbocycles. The minimum absolute atomic E-state index is 0.0138. The van der Waals surface area contributed by atoms with Gasteiger partial charge < -0.3 is 5.32 Å². The number of carbonyl (C=O) groups excluding carboxylic acids is 2. The molecule has 1 amide bonds. The Hall–Kier alpha value is -3.46. The number of nitrogens with zero attached hydrogens (tertiary/aromatic N) is 2. The van der Waals surface area contributed by atoms with Gasteiger partial charge in [-0.25, -0.2) is 12.8 Å². The fraction of sp³-hybridized carbons (Fsp3) is 0.250. The Bertz CT molecular complexity index is 1290. The van der Waals surface area contributed by atoms with E-state index in [1.165, 1.54) is 30.5 Å². The minimum atomic E-state index is -3.29. The lowest BCUT2D eigenvalue weighted by molar-refractivity contribution is -0.115. The van der Waals surface area contributed by atoms with Gasteiger partial charge in [0.25, 0.3) is 0 Å². The molecule has 4 rings (SSSR count). The van der Waals surface area contributed by atoms with Crippen LogP contribution < -0.4 is 5.32 Å². The molecule has 1 fully saturated rings. The number of aromatic nitrogens is 2. The zero-order valence-electron chi connectivity index (χ0n) is 17.9. The van der Waals surface area contributed by atoms with Crippen LogP contribution in [0.1, 0.15) is 41.5 Å². The lowest BCUT2D eigenvalue weighted by Crippen LogP contribution is -2.23. The van der Waals surface area contributed by atoms with Crippen LogP contribution in [0.2, 0.25) is 0 Å². The van der Waals surface area contributed by atoms with E-state index in [-0.39, 0.29) is 34.5 Å². The second-order valence-corrected chi connectivity index (χ2v) is 10.3. The molecule has 0 saturated heterocycles. The van der Waals surface area contributed by atoms with Crippen molar-refractivity contribution in [2.45, 2.75) is 36.5 Å². The van der Waals surface area contributed by atoms with Crippen LogP contribution in [0.4, 0.5) is 10.1 Å². The number of hydrogen-bond donors (Lipinski definition) is 1. The van der Waals surface area contributed by atoms with Crippen molar-refractivity contribution in [1.29, 1.82) is 0 Å². The third-order valence-corrected chi connectivity index (χ3v) is 7.46. The molecular weight excluding hydrogens is 445 g/mol. The van der Waals surface area contributed by atoms with Gasteiger partial charge in [-0.3, -0.25) is 19.6 Å². The summed E-state index contributed by atoms with van der Waals surface area (Å²) >= 11 is 0. The number of carbonyl (C=O) groups is 2. The number of halogens is 1. The first-order valence-electron chi connectivity index (χ1n) is 10.5. The molecule has 1 N–H and O–H groups in total. The van der Waals surface area contributed by atoms with Crippen LogP contribution in [-0.2, 0) is 26.5 Å². The Kier molecular flexibility index (Phi) is 6.07. The molecular formula is C24H22FN3O4S. The van der Waals surface area contributed by atoms with E-state index < -0.39 is 21.1 Å². The first-order chi connectivity index (χ1) is 15.7. The zero-order chi connectivity index (χ0) is 23.6. The molecule has 2 heterocycles. The first-order valence-corrected chi connectivity index (χ1v) is 12.1. The monoisotopic (exact) mass is 467 g/mol. The van der Waals surface area contributed by atoms with Gasteiger partial charge in [-0.1, -0.05) is 19.1 Å². The van der Waals surface area contributed by atoms with E-state index in [0.29, 0.717) is 29.8 Å². The van der Waals surface area contributed by atoms with Crippen LogP contribution >= 0.6 is 0 Å². The van der Waals surface area contributed by atoms with E-state index >= 15 is 0 Å². The van der Waals surface area contributed by atoms with Crippen molar-refractivity contribution in [3.63, 3.8) is 0 Å². The topological polar surface area (TPSA) is 106 Å². The summed E-state index contributed by atoms with van der Waals surface area (Å²) in [5.74, 6) is -0.917. The number of pyridine rings is 2. The average Bonchev–Trinajstić information content (AvgIpc) is 3.62. The lowest BCUT2D eigenvalue weighted by atomic mass is 9.93. The summed E-state index contributed by atoms with van der Waals surface area (Å²) in [6.45, 7) is 1.58. The van der Waals surface area contributed by atoms with Gasteiger partial charge in [-0.15, -0.1) is 0 Å². The predicted molar refractivity (Wildman–Crippen MR) is 120 cm³/mol. The molecule has 170 valence electrons. The van der Waals surface area contributed by atoms with Gasteiger partial charge >= 0.3 is 0 Å². The summed E-state index contributed by atoms with van der Waals surface area (Å²) in [5, 5.41) is 2.72. The number of anilines is 1. The van der Waals surface area contributed by atoms with E-state index in [2.05, 4.69) is 15.3 Å². The van der Waals surface area contributed by atoms with Crippen molar-refractivity contribution in [2.75, 3.05) is 11.1 Å². The SMILES string of the molecule is CCS(=O)(=O)c1ccc(CC(=O)Nc2ccc(C(=O)C3(c4ccc(F)cn4)CC3)nc2)cc1. The van der Waals surface area contributed by atoms with Gasteiger partial charge in [0.2, 0.25) is 5.91 Å². The summed E-state index contributed by atoms with van der Waals surface area (Å²) in [6, 6.07) is 12.2. The van der Waals surface area contributed by atoms with E-state index in [0.717, 1.165) is 6.20 Å². The Labute approximate surface area is 191 Å². The van der Waals surface area contributed by atoms with Gasteiger partial charge in [0, 0.05) is 0 Å². The first kappa shape index (κ1) is 22.7. The van der Waals surface area contributed by atoms with Crippen molar-refractivity contribution >= 4 is 27.2 Å². The van der Waals surface area contributed by atoms with Gasteiger partial charge in [-0.2, -0.15) is 0 Å². The molecule has 1 aliphatic rings. The van der Waals surface area contributed by atoms with Crippen LogP contribution in [0, 0.1) is 5.82 Å². The van der Waals surface area contributed by atoms with Crippen LogP contribution in [0.3, 0.4) is 0 Å². The van der Waals surface area contributed by atoms with Gasteiger partial charge in [0.1, 0.15) is 11.5 Å². The maximum atomic E-state index is 13.2. The number of ketones is 1. The number of rotatable bonds is 8. The molecule has 0 aliphatic heterocycles. The maximum absolute atomic E-state index is 13.2. The third kappa shape index (κ3) is 4.83. The van der Waals surface area contributed by atoms with Crippen molar-refractivity contribution in [3.8, 4) is 0 Å². The van der Waals surface area contributed by atoms with Crippen LogP contribution in [0.15, 0.2) is 65.8 Å². The molecule has 9 heteroatoms. The van der Waals surface area contributed by atoms with Gasteiger partial charge in [0.05, 0.1) is 46.3 Å².